The lowest BCUT2D eigenvalue weighted by Gasteiger charge is -2.25. The molecule has 1 N–H and O–H groups in total. The average molecular weight is 405 g/mol. The molecule has 4 rings (SSSR count). The first-order valence-corrected chi connectivity index (χ1v) is 11.8. The van der Waals surface area contributed by atoms with Crippen molar-refractivity contribution in [1.82, 2.24) is 9.62 Å². The Hall–Kier alpha value is -1.70. The third-order valence-electron chi connectivity index (χ3n) is 5.35. The second kappa shape index (κ2) is 7.73. The van der Waals surface area contributed by atoms with Gasteiger partial charge in [-0.1, -0.05) is 30.7 Å². The van der Waals surface area contributed by atoms with E-state index in [-0.39, 0.29) is 18.4 Å². The minimum Gasteiger partial charge on any atom is -0.349 e. The van der Waals surface area contributed by atoms with Gasteiger partial charge in [0, 0.05) is 18.0 Å². The smallest absolute Gasteiger partial charge is 0.252 e. The first-order valence-electron chi connectivity index (χ1n) is 9.50. The van der Waals surface area contributed by atoms with Gasteiger partial charge in [-0.2, -0.15) is 4.31 Å². The molecule has 1 aliphatic heterocycles. The van der Waals surface area contributed by atoms with Gasteiger partial charge in [-0.3, -0.25) is 4.79 Å². The van der Waals surface area contributed by atoms with Crippen molar-refractivity contribution in [2.24, 2.45) is 0 Å². The summed E-state index contributed by atoms with van der Waals surface area (Å²) in [6, 6.07) is 11.7. The average Bonchev–Trinajstić information content (AvgIpc) is 3.30. The van der Waals surface area contributed by atoms with Gasteiger partial charge in [0.2, 0.25) is 5.91 Å². The zero-order chi connectivity index (χ0) is 18.9. The molecule has 1 aliphatic carbocycles. The van der Waals surface area contributed by atoms with Crippen molar-refractivity contribution in [3.05, 3.63) is 52.4 Å². The Morgan fingerprint density at radius 3 is 2.70 bits per heavy atom. The molecular weight excluding hydrogens is 380 g/mol. The highest BCUT2D eigenvalue weighted by Crippen LogP contribution is 2.31. The van der Waals surface area contributed by atoms with E-state index in [1.807, 2.05) is 12.1 Å². The van der Waals surface area contributed by atoms with E-state index in [9.17, 15) is 13.2 Å². The van der Waals surface area contributed by atoms with Crippen LogP contribution in [0.4, 0.5) is 0 Å². The van der Waals surface area contributed by atoms with Crippen LogP contribution in [0.15, 0.2) is 40.6 Å². The van der Waals surface area contributed by atoms with Gasteiger partial charge < -0.3 is 5.32 Å². The third kappa shape index (κ3) is 3.95. The monoisotopic (exact) mass is 404 g/mol. The Morgan fingerprint density at radius 1 is 1.11 bits per heavy atom. The van der Waals surface area contributed by atoms with Gasteiger partial charge in [0.1, 0.15) is 4.21 Å². The molecule has 1 saturated heterocycles. The molecule has 2 aromatic rings. The zero-order valence-corrected chi connectivity index (χ0v) is 16.8. The van der Waals surface area contributed by atoms with Crippen LogP contribution in [-0.4, -0.2) is 31.7 Å². The van der Waals surface area contributed by atoms with E-state index in [0.717, 1.165) is 37.0 Å². The topological polar surface area (TPSA) is 66.5 Å². The molecule has 5 nitrogen and oxygen atoms in total. The van der Waals surface area contributed by atoms with Crippen molar-refractivity contribution >= 4 is 27.3 Å². The van der Waals surface area contributed by atoms with Crippen LogP contribution >= 0.6 is 11.3 Å². The Balaban J connectivity index is 1.40. The molecule has 1 aromatic heterocycles. The number of hydrogen-bond donors (Lipinski definition) is 1. The maximum absolute atomic E-state index is 12.7. The number of benzene rings is 1. The fraction of sp³-hybridized carbons (Fsp3) is 0.450. The Kier molecular flexibility index (Phi) is 5.34. The summed E-state index contributed by atoms with van der Waals surface area (Å²) in [5, 5.41) is 3.10. The summed E-state index contributed by atoms with van der Waals surface area (Å²) in [5.41, 5.74) is 2.50. The zero-order valence-electron chi connectivity index (χ0n) is 15.2. The predicted octanol–water partition coefficient (Wildman–Crippen LogP) is 3.27. The lowest BCUT2D eigenvalue weighted by atomic mass is 10.1. The van der Waals surface area contributed by atoms with Gasteiger partial charge >= 0.3 is 0 Å². The van der Waals surface area contributed by atoms with Crippen molar-refractivity contribution in [3.63, 3.8) is 0 Å². The molecule has 7 heteroatoms. The standard InChI is InChI=1S/C20H24N2O3S2/c23-19(21-18-10-8-15-6-2-3-7-17(15)18)14-16-9-11-20(26-16)27(24,25)22-12-4-1-5-13-22/h2-3,6-7,9,11,18H,1,4-5,8,10,12-14H2,(H,21,23)/t18-/m0/s1. The number of fused-ring (bicyclic) bond motifs is 1. The van der Waals surface area contributed by atoms with Crippen LogP contribution in [0.2, 0.25) is 0 Å². The summed E-state index contributed by atoms with van der Waals surface area (Å²) in [6.07, 6.45) is 5.05. The molecule has 27 heavy (non-hydrogen) atoms. The van der Waals surface area contributed by atoms with Crippen LogP contribution in [0.5, 0.6) is 0 Å². The van der Waals surface area contributed by atoms with E-state index in [1.165, 1.54) is 22.5 Å². The number of aryl methyl sites for hydroxylation is 1. The Bertz CT molecular complexity index is 930. The minimum absolute atomic E-state index is 0.0551. The van der Waals surface area contributed by atoms with Crippen LogP contribution in [0.25, 0.3) is 0 Å². The van der Waals surface area contributed by atoms with Gasteiger partial charge in [0.25, 0.3) is 10.0 Å². The number of piperidine rings is 1. The largest absolute Gasteiger partial charge is 0.349 e. The quantitative estimate of drug-likeness (QED) is 0.832. The molecule has 1 amide bonds. The number of nitrogens with one attached hydrogen (secondary N) is 1. The number of thiophene rings is 1. The molecule has 2 heterocycles. The highest BCUT2D eigenvalue weighted by Gasteiger charge is 2.28. The molecule has 144 valence electrons. The highest BCUT2D eigenvalue weighted by atomic mass is 32.2. The number of hydrogen-bond acceptors (Lipinski definition) is 4. The number of rotatable bonds is 5. The highest BCUT2D eigenvalue weighted by molar-refractivity contribution is 7.91. The molecule has 0 bridgehead atoms. The lowest BCUT2D eigenvalue weighted by Crippen LogP contribution is -2.35. The fourth-order valence-electron chi connectivity index (χ4n) is 3.94. The van der Waals surface area contributed by atoms with Gasteiger partial charge in [-0.25, -0.2) is 8.42 Å². The summed E-state index contributed by atoms with van der Waals surface area (Å²) in [6.45, 7) is 1.19. The van der Waals surface area contributed by atoms with E-state index in [1.54, 1.807) is 16.4 Å². The van der Waals surface area contributed by atoms with Gasteiger partial charge in [0.05, 0.1) is 12.5 Å². The van der Waals surface area contributed by atoms with Crippen LogP contribution in [-0.2, 0) is 27.7 Å². The fourth-order valence-corrected chi connectivity index (χ4v) is 6.96. The van der Waals surface area contributed by atoms with Gasteiger partial charge in [0.15, 0.2) is 0 Å². The van der Waals surface area contributed by atoms with Crippen molar-refractivity contribution < 1.29 is 13.2 Å². The van der Waals surface area contributed by atoms with E-state index in [2.05, 4.69) is 17.4 Å². The van der Waals surface area contributed by atoms with Crippen LogP contribution in [0.1, 0.15) is 47.7 Å². The van der Waals surface area contributed by atoms with E-state index >= 15 is 0 Å². The van der Waals surface area contributed by atoms with Crippen LogP contribution in [0, 0.1) is 0 Å². The Morgan fingerprint density at radius 2 is 1.89 bits per heavy atom. The van der Waals surface area contributed by atoms with Crippen LogP contribution in [0.3, 0.4) is 0 Å². The first-order chi connectivity index (χ1) is 13.0. The molecule has 0 unspecified atom stereocenters. The summed E-state index contributed by atoms with van der Waals surface area (Å²) in [5.74, 6) is -0.0551. The normalized spacial score (nSPS) is 20.4. The van der Waals surface area contributed by atoms with Crippen molar-refractivity contribution in [2.45, 2.75) is 48.8 Å². The SMILES string of the molecule is O=C(Cc1ccc(S(=O)(=O)N2CCCCC2)s1)N[C@H]1CCc2ccccc21. The van der Waals surface area contributed by atoms with Crippen molar-refractivity contribution in [1.29, 1.82) is 0 Å². The number of sulfonamides is 1. The second-order valence-corrected chi connectivity index (χ2v) is 10.6. The number of nitrogens with zero attached hydrogens (tertiary/aromatic N) is 1. The number of amides is 1. The molecule has 1 aromatic carbocycles. The maximum atomic E-state index is 12.7. The first kappa shape index (κ1) is 18.7. The van der Waals surface area contributed by atoms with Gasteiger partial charge in [-0.05, 0) is 48.9 Å². The molecule has 2 aliphatic rings. The number of carbonyl (C=O) groups is 1. The van der Waals surface area contributed by atoms with E-state index < -0.39 is 10.0 Å². The van der Waals surface area contributed by atoms with E-state index in [4.69, 9.17) is 0 Å². The molecule has 0 spiro atoms. The lowest BCUT2D eigenvalue weighted by molar-refractivity contribution is -0.121. The summed E-state index contributed by atoms with van der Waals surface area (Å²) < 4.78 is 27.4. The summed E-state index contributed by atoms with van der Waals surface area (Å²) >= 11 is 1.21. The second-order valence-electron chi connectivity index (χ2n) is 7.22. The van der Waals surface area contributed by atoms with Crippen molar-refractivity contribution in [2.75, 3.05) is 13.1 Å². The molecule has 1 atom stereocenters. The number of carbonyl (C=O) groups excluding carboxylic acids is 1. The predicted molar refractivity (Wildman–Crippen MR) is 106 cm³/mol. The minimum atomic E-state index is -3.42. The van der Waals surface area contributed by atoms with E-state index in [0.29, 0.717) is 17.3 Å². The molecule has 1 fully saturated rings. The molecule has 0 saturated carbocycles. The maximum Gasteiger partial charge on any atom is 0.252 e. The third-order valence-corrected chi connectivity index (χ3v) is 8.80. The summed E-state index contributed by atoms with van der Waals surface area (Å²) in [4.78, 5) is 13.3. The van der Waals surface area contributed by atoms with Crippen LogP contribution < -0.4 is 5.32 Å². The van der Waals surface area contributed by atoms with Crippen molar-refractivity contribution in [3.8, 4) is 0 Å². The van der Waals surface area contributed by atoms with Gasteiger partial charge in [-0.15, -0.1) is 11.3 Å². The Labute approximate surface area is 164 Å². The summed E-state index contributed by atoms with van der Waals surface area (Å²) in [7, 11) is -3.42. The molecule has 0 radical (unpaired) electrons. The molecular formula is C20H24N2O3S2.